The molecule has 22 heavy (non-hydrogen) atoms. The molecule has 0 aromatic heterocycles. The zero-order valence-corrected chi connectivity index (χ0v) is 14.7. The minimum Gasteiger partial charge on any atom is -0.329 e. The normalized spacial score (nSPS) is 11.4. The van der Waals surface area contributed by atoms with E-state index >= 15 is 0 Å². The summed E-state index contributed by atoms with van der Waals surface area (Å²) in [5.41, 5.74) is -0.435. The van der Waals surface area contributed by atoms with Crippen LogP contribution in [0.3, 0.4) is 0 Å². The number of nitrogens with zero attached hydrogens (tertiary/aromatic N) is 2. The molecule has 0 radical (unpaired) electrons. The van der Waals surface area contributed by atoms with Gasteiger partial charge < -0.3 is 4.29 Å². The number of Topliss-reactive ketones (excluding diaryl/α,β-unsaturated/α-hetero) is 1. The third-order valence-electron chi connectivity index (χ3n) is 3.05. The number of benzene rings is 1. The first kappa shape index (κ1) is 19.0. The molecule has 0 unspecified atom stereocenters. The van der Waals surface area contributed by atoms with Crippen LogP contribution in [0.25, 0.3) is 0 Å². The van der Waals surface area contributed by atoms with Crippen molar-refractivity contribution in [3.8, 4) is 0 Å². The van der Waals surface area contributed by atoms with Crippen molar-refractivity contribution in [2.45, 2.75) is 32.7 Å². The van der Waals surface area contributed by atoms with Crippen molar-refractivity contribution in [1.29, 1.82) is 0 Å². The number of carbonyl (C=O) groups excluding carboxylic acids is 2. The van der Waals surface area contributed by atoms with Crippen LogP contribution in [0.15, 0.2) is 24.3 Å². The maximum absolute atomic E-state index is 12.4. The van der Waals surface area contributed by atoms with Gasteiger partial charge in [-0.2, -0.15) is 0 Å². The van der Waals surface area contributed by atoms with Gasteiger partial charge in [-0.1, -0.05) is 11.6 Å². The second kappa shape index (κ2) is 8.02. The van der Waals surface area contributed by atoms with Crippen LogP contribution in [-0.4, -0.2) is 33.5 Å². The molecule has 0 fully saturated rings. The Labute approximate surface area is 144 Å². The second-order valence-corrected chi connectivity index (χ2v) is 6.21. The molecule has 1 aromatic rings. The largest absolute Gasteiger partial charge is 0.444 e. The Morgan fingerprint density at radius 2 is 1.77 bits per heavy atom. The van der Waals surface area contributed by atoms with Crippen LogP contribution in [0.2, 0.25) is 5.02 Å². The monoisotopic (exact) mass is 366 g/mol. The van der Waals surface area contributed by atoms with Gasteiger partial charge in [0.05, 0.1) is 5.54 Å². The average Bonchev–Trinajstić information content (AvgIpc) is 2.46. The predicted molar refractivity (Wildman–Crippen MR) is 86.9 cm³/mol. The minimum atomic E-state index is -0.930. The Balaban J connectivity index is 2.97. The number of halogens is 3. The number of hydrazine groups is 1. The highest BCUT2D eigenvalue weighted by Crippen LogP contribution is 2.26. The molecular weight excluding hydrogens is 351 g/mol. The lowest BCUT2D eigenvalue weighted by molar-refractivity contribution is -0.00798. The number of rotatable bonds is 6. The van der Waals surface area contributed by atoms with Crippen molar-refractivity contribution >= 4 is 47.1 Å². The van der Waals surface area contributed by atoms with E-state index in [0.29, 0.717) is 17.1 Å². The lowest BCUT2D eigenvalue weighted by Crippen LogP contribution is -2.54. The summed E-state index contributed by atoms with van der Waals surface area (Å²) in [5.74, 6) is -0.157. The van der Waals surface area contributed by atoms with E-state index < -0.39 is 11.6 Å². The highest BCUT2D eigenvalue weighted by atomic mass is 35.5. The number of hydrogen-bond acceptors (Lipinski definition) is 4. The first-order chi connectivity index (χ1) is 10.2. The zero-order chi connectivity index (χ0) is 16.9. The fourth-order valence-corrected chi connectivity index (χ4v) is 2.47. The Hall–Kier alpha value is -1.01. The Kier molecular flexibility index (Phi) is 6.94. The first-order valence-electron chi connectivity index (χ1n) is 6.57. The molecule has 0 saturated heterocycles. The Bertz CT molecular complexity index is 535. The Morgan fingerprint density at radius 3 is 2.23 bits per heavy atom. The first-order valence-corrected chi connectivity index (χ1v) is 7.60. The van der Waals surface area contributed by atoms with Gasteiger partial charge in [-0.15, -0.1) is 4.53 Å². The van der Waals surface area contributed by atoms with Crippen molar-refractivity contribution in [3.63, 3.8) is 0 Å². The maximum atomic E-state index is 12.4. The molecule has 0 N–H and O–H groups in total. The SMILES string of the molecule is CCN(Cl)N(C(=O)OCl)C(C)(C)CC(=O)c1ccc(Cl)cc1. The summed E-state index contributed by atoms with van der Waals surface area (Å²) in [7, 11) is 0. The van der Waals surface area contributed by atoms with Crippen LogP contribution in [0, 0.1) is 0 Å². The summed E-state index contributed by atoms with van der Waals surface area (Å²) in [6.07, 6.45) is -0.823. The molecule has 0 heterocycles. The summed E-state index contributed by atoms with van der Waals surface area (Å²) < 4.78 is 5.35. The number of carbonyl (C=O) groups is 2. The molecule has 122 valence electrons. The van der Waals surface area contributed by atoms with E-state index in [2.05, 4.69) is 4.29 Å². The lowest BCUT2D eigenvalue weighted by Gasteiger charge is -2.39. The summed E-state index contributed by atoms with van der Waals surface area (Å²) in [4.78, 5) is 24.2. The van der Waals surface area contributed by atoms with E-state index in [1.165, 1.54) is 0 Å². The van der Waals surface area contributed by atoms with Crippen LogP contribution < -0.4 is 0 Å². The van der Waals surface area contributed by atoms with Crippen LogP contribution in [0.5, 0.6) is 0 Å². The quantitative estimate of drug-likeness (QED) is 0.416. The van der Waals surface area contributed by atoms with Crippen molar-refractivity contribution in [3.05, 3.63) is 34.9 Å². The zero-order valence-electron chi connectivity index (χ0n) is 12.5. The minimum absolute atomic E-state index is 0.0316. The number of hydrogen-bond donors (Lipinski definition) is 0. The maximum Gasteiger partial charge on any atom is 0.444 e. The fraction of sp³-hybridized carbons (Fsp3) is 0.429. The van der Waals surface area contributed by atoms with Gasteiger partial charge in [0.15, 0.2) is 5.78 Å². The molecule has 0 saturated carbocycles. The molecule has 1 rings (SSSR count). The van der Waals surface area contributed by atoms with E-state index in [1.807, 2.05) is 0 Å². The summed E-state index contributed by atoms with van der Waals surface area (Å²) in [6, 6.07) is 6.52. The molecule has 1 amide bonds. The standard InChI is InChI=1S/C14H17Cl3N2O3/c1-4-18(16)19(13(21)22-17)14(2,3)9-12(20)10-5-7-11(15)8-6-10/h5-8H,4,9H2,1-3H3. The molecule has 8 heteroatoms. The van der Waals surface area contributed by atoms with Crippen LogP contribution >= 0.6 is 35.2 Å². The number of amides is 1. The van der Waals surface area contributed by atoms with Crippen LogP contribution in [0.4, 0.5) is 4.79 Å². The topological polar surface area (TPSA) is 49.9 Å². The number of ketones is 1. The molecule has 0 atom stereocenters. The smallest absolute Gasteiger partial charge is 0.329 e. The molecule has 0 aliphatic heterocycles. The van der Waals surface area contributed by atoms with Crippen molar-refractivity contribution in [1.82, 2.24) is 9.54 Å². The highest BCUT2D eigenvalue weighted by Gasteiger charge is 2.38. The molecule has 0 spiro atoms. The van der Waals surface area contributed by atoms with Gasteiger partial charge >= 0.3 is 6.09 Å². The lowest BCUT2D eigenvalue weighted by atomic mass is 9.93. The van der Waals surface area contributed by atoms with Gasteiger partial charge in [0.25, 0.3) is 0 Å². The van der Waals surface area contributed by atoms with Gasteiger partial charge in [-0.3, -0.25) is 4.79 Å². The Morgan fingerprint density at radius 1 is 1.23 bits per heavy atom. The summed E-state index contributed by atoms with van der Waals surface area (Å²) >= 11 is 17.0. The summed E-state index contributed by atoms with van der Waals surface area (Å²) in [6.45, 7) is 5.46. The third kappa shape index (κ3) is 4.74. The van der Waals surface area contributed by atoms with Crippen molar-refractivity contribution in [2.75, 3.05) is 6.54 Å². The molecule has 0 bridgehead atoms. The summed E-state index contributed by atoms with van der Waals surface area (Å²) in [5, 5.41) is 1.65. The van der Waals surface area contributed by atoms with Gasteiger partial charge in [-0.05, 0) is 45.0 Å². The van der Waals surface area contributed by atoms with E-state index in [0.717, 1.165) is 9.54 Å². The molecule has 1 aromatic carbocycles. The van der Waals surface area contributed by atoms with Gasteiger partial charge in [-0.25, -0.2) is 9.80 Å². The van der Waals surface area contributed by atoms with Crippen LogP contribution in [-0.2, 0) is 4.29 Å². The predicted octanol–water partition coefficient (Wildman–Crippen LogP) is 4.67. The van der Waals surface area contributed by atoms with Gasteiger partial charge in [0.2, 0.25) is 0 Å². The van der Waals surface area contributed by atoms with Crippen LogP contribution in [0.1, 0.15) is 37.6 Å². The van der Waals surface area contributed by atoms with Gasteiger partial charge in [0, 0.05) is 35.3 Å². The fourth-order valence-electron chi connectivity index (χ4n) is 2.01. The van der Waals surface area contributed by atoms with E-state index in [9.17, 15) is 9.59 Å². The third-order valence-corrected chi connectivity index (χ3v) is 3.82. The molecule has 0 aliphatic carbocycles. The van der Waals surface area contributed by atoms with E-state index in [-0.39, 0.29) is 12.2 Å². The molecular formula is C14H17Cl3N2O3. The highest BCUT2D eigenvalue weighted by molar-refractivity contribution is 6.30. The van der Waals surface area contributed by atoms with Crippen molar-refractivity contribution in [2.24, 2.45) is 0 Å². The average molecular weight is 368 g/mol. The van der Waals surface area contributed by atoms with Gasteiger partial charge in [0.1, 0.15) is 11.9 Å². The second-order valence-electron chi connectivity index (χ2n) is 5.23. The molecule has 5 nitrogen and oxygen atoms in total. The van der Waals surface area contributed by atoms with E-state index in [1.54, 1.807) is 45.0 Å². The molecule has 0 aliphatic rings. The van der Waals surface area contributed by atoms with E-state index in [4.69, 9.17) is 35.2 Å². The van der Waals surface area contributed by atoms with Crippen molar-refractivity contribution < 1.29 is 13.9 Å².